The summed E-state index contributed by atoms with van der Waals surface area (Å²) in [5.41, 5.74) is 2.73. The molecule has 0 radical (unpaired) electrons. The normalized spacial score (nSPS) is 12.6. The summed E-state index contributed by atoms with van der Waals surface area (Å²) in [6.45, 7) is 5.69. The van der Waals surface area contributed by atoms with E-state index in [0.29, 0.717) is 12.6 Å². The Morgan fingerprint density at radius 3 is 2.76 bits per heavy atom. The van der Waals surface area contributed by atoms with Crippen molar-refractivity contribution < 1.29 is 5.11 Å². The molecular formula is C14H23NOS. The number of benzene rings is 1. The van der Waals surface area contributed by atoms with Gasteiger partial charge in [-0.2, -0.15) is 11.8 Å². The molecule has 0 heterocycles. The van der Waals surface area contributed by atoms with E-state index in [1.165, 1.54) is 11.1 Å². The average Bonchev–Trinajstić information content (AvgIpc) is 2.34. The summed E-state index contributed by atoms with van der Waals surface area (Å²) >= 11 is 1.90. The van der Waals surface area contributed by atoms with Crippen molar-refractivity contribution >= 4 is 11.8 Å². The van der Waals surface area contributed by atoms with Crippen LogP contribution in [0, 0.1) is 6.92 Å². The summed E-state index contributed by atoms with van der Waals surface area (Å²) < 4.78 is 0. The van der Waals surface area contributed by atoms with Crippen molar-refractivity contribution in [3.63, 3.8) is 0 Å². The lowest BCUT2D eigenvalue weighted by Crippen LogP contribution is -2.22. The second kappa shape index (κ2) is 8.56. The SMILES string of the molecule is Cc1ccccc1C(C)NCCSCCCO. The Morgan fingerprint density at radius 1 is 1.29 bits per heavy atom. The zero-order valence-corrected chi connectivity index (χ0v) is 11.6. The van der Waals surface area contributed by atoms with Gasteiger partial charge in [0.1, 0.15) is 0 Å². The highest BCUT2D eigenvalue weighted by Gasteiger charge is 2.05. The van der Waals surface area contributed by atoms with E-state index in [1.807, 2.05) is 11.8 Å². The Kier molecular flexibility index (Phi) is 7.33. The fraction of sp³-hybridized carbons (Fsp3) is 0.571. The van der Waals surface area contributed by atoms with Gasteiger partial charge in [-0.3, -0.25) is 0 Å². The molecule has 0 aliphatic rings. The predicted molar refractivity (Wildman–Crippen MR) is 76.6 cm³/mol. The average molecular weight is 253 g/mol. The molecule has 1 aromatic rings. The number of nitrogens with one attached hydrogen (secondary N) is 1. The zero-order chi connectivity index (χ0) is 12.5. The fourth-order valence-corrected chi connectivity index (χ4v) is 2.60. The Morgan fingerprint density at radius 2 is 2.06 bits per heavy atom. The van der Waals surface area contributed by atoms with Gasteiger partial charge in [-0.1, -0.05) is 24.3 Å². The number of thioether (sulfide) groups is 1. The lowest BCUT2D eigenvalue weighted by molar-refractivity contribution is 0.296. The minimum atomic E-state index is 0.306. The van der Waals surface area contributed by atoms with Crippen molar-refractivity contribution in [2.75, 3.05) is 24.7 Å². The summed E-state index contributed by atoms with van der Waals surface area (Å²) in [5.74, 6) is 2.16. The van der Waals surface area contributed by atoms with Gasteiger partial charge in [0, 0.05) is 24.9 Å². The zero-order valence-electron chi connectivity index (χ0n) is 10.8. The van der Waals surface area contributed by atoms with E-state index in [0.717, 1.165) is 24.5 Å². The maximum atomic E-state index is 8.66. The highest BCUT2D eigenvalue weighted by molar-refractivity contribution is 7.99. The van der Waals surface area contributed by atoms with Gasteiger partial charge >= 0.3 is 0 Å². The Hall–Kier alpha value is -0.510. The van der Waals surface area contributed by atoms with E-state index >= 15 is 0 Å². The number of hydrogen-bond donors (Lipinski definition) is 2. The van der Waals surface area contributed by atoms with Crippen molar-refractivity contribution in [3.8, 4) is 0 Å². The molecule has 0 bridgehead atoms. The van der Waals surface area contributed by atoms with Gasteiger partial charge in [0.25, 0.3) is 0 Å². The van der Waals surface area contributed by atoms with Crippen LogP contribution in [0.1, 0.15) is 30.5 Å². The molecule has 0 amide bonds. The monoisotopic (exact) mass is 253 g/mol. The van der Waals surface area contributed by atoms with Crippen molar-refractivity contribution in [1.29, 1.82) is 0 Å². The van der Waals surface area contributed by atoms with Crippen LogP contribution in [0.15, 0.2) is 24.3 Å². The first-order valence-electron chi connectivity index (χ1n) is 6.23. The topological polar surface area (TPSA) is 32.3 Å². The Bertz CT molecular complexity index is 317. The minimum absolute atomic E-state index is 0.306. The second-order valence-corrected chi connectivity index (χ2v) is 5.45. The highest BCUT2D eigenvalue weighted by atomic mass is 32.2. The van der Waals surface area contributed by atoms with Gasteiger partial charge in [-0.05, 0) is 37.1 Å². The molecule has 1 aromatic carbocycles. The number of rotatable bonds is 8. The second-order valence-electron chi connectivity index (χ2n) is 4.22. The van der Waals surface area contributed by atoms with E-state index in [2.05, 4.69) is 43.4 Å². The number of aliphatic hydroxyl groups excluding tert-OH is 1. The summed E-state index contributed by atoms with van der Waals surface area (Å²) in [7, 11) is 0. The number of aliphatic hydroxyl groups is 1. The van der Waals surface area contributed by atoms with Gasteiger partial charge in [0.15, 0.2) is 0 Å². The van der Waals surface area contributed by atoms with E-state index in [9.17, 15) is 0 Å². The Balaban J connectivity index is 2.21. The molecule has 1 unspecified atom stereocenters. The van der Waals surface area contributed by atoms with Crippen LogP contribution < -0.4 is 5.32 Å². The molecule has 96 valence electrons. The summed E-state index contributed by atoms with van der Waals surface area (Å²) in [4.78, 5) is 0. The van der Waals surface area contributed by atoms with Crippen LogP contribution in [-0.2, 0) is 0 Å². The number of aryl methyl sites for hydroxylation is 1. The smallest absolute Gasteiger partial charge is 0.0438 e. The molecular weight excluding hydrogens is 230 g/mol. The van der Waals surface area contributed by atoms with Crippen molar-refractivity contribution in [2.45, 2.75) is 26.3 Å². The van der Waals surface area contributed by atoms with Crippen LogP contribution in [0.3, 0.4) is 0 Å². The largest absolute Gasteiger partial charge is 0.396 e. The molecule has 2 N–H and O–H groups in total. The predicted octanol–water partition coefficient (Wildman–Crippen LogP) is 2.76. The third kappa shape index (κ3) is 5.57. The first-order valence-corrected chi connectivity index (χ1v) is 7.38. The van der Waals surface area contributed by atoms with Gasteiger partial charge < -0.3 is 10.4 Å². The van der Waals surface area contributed by atoms with E-state index in [4.69, 9.17) is 5.11 Å². The van der Waals surface area contributed by atoms with Gasteiger partial charge in [0.2, 0.25) is 0 Å². The maximum Gasteiger partial charge on any atom is 0.0438 e. The molecule has 1 atom stereocenters. The molecule has 0 aliphatic heterocycles. The van der Waals surface area contributed by atoms with Gasteiger partial charge in [0.05, 0.1) is 0 Å². The minimum Gasteiger partial charge on any atom is -0.396 e. The van der Waals surface area contributed by atoms with Gasteiger partial charge in [-0.25, -0.2) is 0 Å². The molecule has 0 saturated carbocycles. The summed E-state index contributed by atoms with van der Waals surface area (Å²) in [6, 6.07) is 8.93. The summed E-state index contributed by atoms with van der Waals surface area (Å²) in [6.07, 6.45) is 0.901. The van der Waals surface area contributed by atoms with Crippen LogP contribution in [0.5, 0.6) is 0 Å². The molecule has 17 heavy (non-hydrogen) atoms. The first kappa shape index (κ1) is 14.6. The van der Waals surface area contributed by atoms with Crippen molar-refractivity contribution in [3.05, 3.63) is 35.4 Å². The standard InChI is InChI=1S/C14H23NOS/c1-12-6-3-4-7-14(12)13(2)15-8-11-17-10-5-9-16/h3-4,6-7,13,15-16H,5,8-11H2,1-2H3. The quantitative estimate of drug-likeness (QED) is 0.699. The maximum absolute atomic E-state index is 8.66. The molecule has 0 spiro atoms. The first-order chi connectivity index (χ1) is 8.25. The molecule has 2 nitrogen and oxygen atoms in total. The lowest BCUT2D eigenvalue weighted by atomic mass is 10.0. The van der Waals surface area contributed by atoms with Crippen LogP contribution in [0.25, 0.3) is 0 Å². The molecule has 0 aromatic heterocycles. The van der Waals surface area contributed by atoms with Crippen LogP contribution >= 0.6 is 11.8 Å². The summed E-state index contributed by atoms with van der Waals surface area (Å²) in [5, 5.41) is 12.2. The van der Waals surface area contributed by atoms with E-state index in [-0.39, 0.29) is 0 Å². The lowest BCUT2D eigenvalue weighted by Gasteiger charge is -2.16. The third-order valence-corrected chi connectivity index (χ3v) is 3.87. The van der Waals surface area contributed by atoms with Crippen LogP contribution in [-0.4, -0.2) is 29.8 Å². The van der Waals surface area contributed by atoms with Crippen molar-refractivity contribution in [1.82, 2.24) is 5.32 Å². The highest BCUT2D eigenvalue weighted by Crippen LogP contribution is 2.16. The van der Waals surface area contributed by atoms with Crippen LogP contribution in [0.2, 0.25) is 0 Å². The molecule has 0 aliphatic carbocycles. The Labute approximate surface area is 109 Å². The molecule has 3 heteroatoms. The molecule has 0 fully saturated rings. The molecule has 0 saturated heterocycles. The fourth-order valence-electron chi connectivity index (χ4n) is 1.80. The van der Waals surface area contributed by atoms with Crippen LogP contribution in [0.4, 0.5) is 0 Å². The number of hydrogen-bond acceptors (Lipinski definition) is 3. The van der Waals surface area contributed by atoms with Crippen molar-refractivity contribution in [2.24, 2.45) is 0 Å². The van der Waals surface area contributed by atoms with E-state index < -0.39 is 0 Å². The van der Waals surface area contributed by atoms with Gasteiger partial charge in [-0.15, -0.1) is 0 Å². The third-order valence-electron chi connectivity index (χ3n) is 2.80. The molecule has 1 rings (SSSR count). The van der Waals surface area contributed by atoms with E-state index in [1.54, 1.807) is 0 Å².